The number of piperazine rings is 1. The number of para-hydroxylation sites is 2. The van der Waals surface area contributed by atoms with Gasteiger partial charge in [0.05, 0.1) is 16.8 Å². The quantitative estimate of drug-likeness (QED) is 0.692. The normalized spacial score (nSPS) is 37.3. The van der Waals surface area contributed by atoms with Gasteiger partial charge in [0.15, 0.2) is 0 Å². The molecule has 4 nitrogen and oxygen atoms in total. The summed E-state index contributed by atoms with van der Waals surface area (Å²) in [4.78, 5) is 18.5. The average Bonchev–Trinajstić information content (AvgIpc) is 2.66. The van der Waals surface area contributed by atoms with E-state index in [1.807, 2.05) is 6.07 Å². The van der Waals surface area contributed by atoms with Crippen LogP contribution < -0.4 is 10.2 Å². The van der Waals surface area contributed by atoms with Crippen LogP contribution in [0.5, 0.6) is 0 Å². The molecule has 152 valence electrons. The Balaban J connectivity index is 1.35. The smallest absolute Gasteiger partial charge is 0.230 e. The number of halogens is 1. The van der Waals surface area contributed by atoms with E-state index in [0.29, 0.717) is 0 Å². The maximum absolute atomic E-state index is 13.6. The van der Waals surface area contributed by atoms with Gasteiger partial charge in [-0.2, -0.15) is 0 Å². The summed E-state index contributed by atoms with van der Waals surface area (Å²) in [6.07, 6.45) is 7.03. The highest BCUT2D eigenvalue weighted by Crippen LogP contribution is 2.64. The number of anilines is 2. The van der Waals surface area contributed by atoms with Crippen molar-refractivity contribution < 1.29 is 4.79 Å². The molecule has 5 heteroatoms. The fourth-order valence-corrected chi connectivity index (χ4v) is 8.28. The first kappa shape index (κ1) is 18.9. The van der Waals surface area contributed by atoms with Gasteiger partial charge in [-0.05, 0) is 69.0 Å². The molecule has 1 N–H and O–H groups in total. The fraction of sp³-hybridized carbons (Fsp3) is 0.696. The van der Waals surface area contributed by atoms with Gasteiger partial charge in [0.25, 0.3) is 0 Å². The summed E-state index contributed by atoms with van der Waals surface area (Å²) in [5.41, 5.74) is 2.02. The second kappa shape index (κ2) is 7.02. The van der Waals surface area contributed by atoms with Gasteiger partial charge in [-0.15, -0.1) is 0 Å². The molecule has 0 radical (unpaired) electrons. The monoisotopic (exact) mass is 445 g/mol. The van der Waals surface area contributed by atoms with Gasteiger partial charge in [0, 0.05) is 30.5 Å². The molecule has 4 bridgehead atoms. The minimum atomic E-state index is -0.165. The van der Waals surface area contributed by atoms with Crippen LogP contribution in [0.1, 0.15) is 45.4 Å². The van der Waals surface area contributed by atoms with E-state index in [2.05, 4.69) is 56.2 Å². The molecule has 1 aliphatic heterocycles. The van der Waals surface area contributed by atoms with Crippen molar-refractivity contribution in [2.45, 2.75) is 49.8 Å². The molecule has 1 aromatic carbocycles. The zero-order chi connectivity index (χ0) is 19.4. The third kappa shape index (κ3) is 3.28. The van der Waals surface area contributed by atoms with Crippen LogP contribution in [0.25, 0.3) is 0 Å². The maximum Gasteiger partial charge on any atom is 0.230 e. The predicted molar refractivity (Wildman–Crippen MR) is 118 cm³/mol. The molecule has 28 heavy (non-hydrogen) atoms. The van der Waals surface area contributed by atoms with Crippen LogP contribution in [-0.2, 0) is 4.79 Å². The molecule has 4 saturated carbocycles. The number of likely N-dealkylation sites (N-methyl/N-ethyl adjacent to an activating group) is 1. The number of alkyl halides is 1. The third-order valence-corrected chi connectivity index (χ3v) is 8.71. The van der Waals surface area contributed by atoms with E-state index in [-0.39, 0.29) is 15.6 Å². The number of nitrogens with zero attached hydrogens (tertiary/aromatic N) is 2. The number of hydrogen-bond acceptors (Lipinski definition) is 3. The Morgan fingerprint density at radius 3 is 2.43 bits per heavy atom. The summed E-state index contributed by atoms with van der Waals surface area (Å²) in [5, 5.41) is 3.39. The number of carbonyl (C=O) groups excluding carboxylic acids is 1. The summed E-state index contributed by atoms with van der Waals surface area (Å²) in [6, 6.07) is 8.40. The highest BCUT2D eigenvalue weighted by Gasteiger charge is 2.59. The van der Waals surface area contributed by atoms with Crippen molar-refractivity contribution in [1.29, 1.82) is 0 Å². The van der Waals surface area contributed by atoms with Gasteiger partial charge < -0.3 is 15.1 Å². The SMILES string of the molecule is CCN1CCN(c2ccccc2NC(=O)C23CC4CC(CC(Br)(C4)C2)C3)CC1. The van der Waals surface area contributed by atoms with Crippen molar-refractivity contribution in [2.75, 3.05) is 42.9 Å². The van der Waals surface area contributed by atoms with Gasteiger partial charge >= 0.3 is 0 Å². The lowest BCUT2D eigenvalue weighted by Gasteiger charge is -2.59. The Morgan fingerprint density at radius 1 is 1.11 bits per heavy atom. The Hall–Kier alpha value is -1.07. The highest BCUT2D eigenvalue weighted by molar-refractivity contribution is 9.10. The number of amides is 1. The molecular formula is C23H32BrN3O. The van der Waals surface area contributed by atoms with E-state index in [9.17, 15) is 4.79 Å². The second-order valence-electron chi connectivity index (χ2n) is 9.78. The van der Waals surface area contributed by atoms with Gasteiger partial charge in [0.1, 0.15) is 0 Å². The molecule has 0 spiro atoms. The lowest BCUT2D eigenvalue weighted by atomic mass is 9.49. The zero-order valence-electron chi connectivity index (χ0n) is 16.9. The summed E-state index contributed by atoms with van der Waals surface area (Å²) >= 11 is 4.04. The lowest BCUT2D eigenvalue weighted by molar-refractivity contribution is -0.138. The number of rotatable bonds is 4. The molecule has 1 saturated heterocycles. The molecular weight excluding hydrogens is 414 g/mol. The van der Waals surface area contributed by atoms with Crippen molar-refractivity contribution in [2.24, 2.45) is 17.3 Å². The van der Waals surface area contributed by atoms with Crippen LogP contribution in [0.3, 0.4) is 0 Å². The van der Waals surface area contributed by atoms with E-state index in [4.69, 9.17) is 0 Å². The standard InChI is InChI=1S/C23H32BrN3O/c1-2-26-7-9-27(10-8-26)20-6-4-3-5-19(20)25-21(28)22-12-17-11-18(13-22)15-23(24,14-17)16-22/h3-6,17-18H,2,7-16H2,1H3,(H,25,28). The zero-order valence-corrected chi connectivity index (χ0v) is 18.5. The van der Waals surface area contributed by atoms with E-state index in [1.54, 1.807) is 0 Å². The van der Waals surface area contributed by atoms with Crippen LogP contribution in [0.4, 0.5) is 11.4 Å². The molecule has 2 atom stereocenters. The minimum Gasteiger partial charge on any atom is -0.367 e. The summed E-state index contributed by atoms with van der Waals surface area (Å²) < 4.78 is 0.213. The summed E-state index contributed by atoms with van der Waals surface area (Å²) in [7, 11) is 0. The van der Waals surface area contributed by atoms with Crippen LogP contribution in [-0.4, -0.2) is 47.9 Å². The Morgan fingerprint density at radius 2 is 1.79 bits per heavy atom. The van der Waals surface area contributed by atoms with E-state index in [0.717, 1.165) is 69.5 Å². The van der Waals surface area contributed by atoms with Gasteiger partial charge in [-0.3, -0.25) is 4.79 Å². The molecule has 1 amide bonds. The Labute approximate surface area is 177 Å². The molecule has 5 fully saturated rings. The van der Waals surface area contributed by atoms with Crippen molar-refractivity contribution in [1.82, 2.24) is 4.90 Å². The number of hydrogen-bond donors (Lipinski definition) is 1. The molecule has 4 aliphatic carbocycles. The molecule has 2 unspecified atom stereocenters. The van der Waals surface area contributed by atoms with Crippen molar-refractivity contribution in [3.63, 3.8) is 0 Å². The first-order valence-corrected chi connectivity index (χ1v) is 11.8. The van der Waals surface area contributed by atoms with Crippen LogP contribution in [0.2, 0.25) is 0 Å². The topological polar surface area (TPSA) is 35.6 Å². The highest BCUT2D eigenvalue weighted by atomic mass is 79.9. The minimum absolute atomic E-state index is 0.165. The molecule has 6 rings (SSSR count). The summed E-state index contributed by atoms with van der Waals surface area (Å²) in [6.45, 7) is 7.59. The van der Waals surface area contributed by atoms with Crippen LogP contribution >= 0.6 is 15.9 Å². The van der Waals surface area contributed by atoms with E-state index in [1.165, 1.54) is 24.9 Å². The number of carbonyl (C=O) groups is 1. The number of benzene rings is 1. The fourth-order valence-electron chi connectivity index (χ4n) is 6.83. The largest absolute Gasteiger partial charge is 0.367 e. The van der Waals surface area contributed by atoms with Crippen molar-refractivity contribution in [3.05, 3.63) is 24.3 Å². The van der Waals surface area contributed by atoms with Gasteiger partial charge in [-0.25, -0.2) is 0 Å². The predicted octanol–water partition coefficient (Wildman–Crippen LogP) is 4.50. The maximum atomic E-state index is 13.6. The van der Waals surface area contributed by atoms with E-state index < -0.39 is 0 Å². The van der Waals surface area contributed by atoms with Crippen molar-refractivity contribution >= 4 is 33.2 Å². The number of nitrogens with one attached hydrogen (secondary N) is 1. The van der Waals surface area contributed by atoms with Gasteiger partial charge in [0.2, 0.25) is 5.91 Å². The average molecular weight is 446 g/mol. The van der Waals surface area contributed by atoms with E-state index >= 15 is 0 Å². The van der Waals surface area contributed by atoms with Crippen LogP contribution in [0, 0.1) is 17.3 Å². The lowest BCUT2D eigenvalue weighted by Crippen LogP contribution is -2.57. The first-order chi connectivity index (χ1) is 13.5. The molecule has 0 aromatic heterocycles. The van der Waals surface area contributed by atoms with Crippen LogP contribution in [0.15, 0.2) is 24.3 Å². The molecule has 1 aromatic rings. The Bertz CT molecular complexity index is 744. The second-order valence-corrected chi connectivity index (χ2v) is 11.5. The first-order valence-electron chi connectivity index (χ1n) is 11.1. The molecule has 5 aliphatic rings. The molecule has 1 heterocycles. The summed E-state index contributed by atoms with van der Waals surface area (Å²) in [5.74, 6) is 1.72. The van der Waals surface area contributed by atoms with Gasteiger partial charge in [-0.1, -0.05) is 35.0 Å². The Kier molecular flexibility index (Phi) is 4.74. The van der Waals surface area contributed by atoms with Crippen molar-refractivity contribution in [3.8, 4) is 0 Å². The third-order valence-electron chi connectivity index (χ3n) is 7.78.